The van der Waals surface area contributed by atoms with E-state index in [1.54, 1.807) is 0 Å². The second-order valence-electron chi connectivity index (χ2n) is 1.71. The van der Waals surface area contributed by atoms with Crippen molar-refractivity contribution >= 4 is 6.67 Å². The molecule has 0 aliphatic rings. The minimum absolute atomic E-state index is 0.390. The number of nitrogens with zero attached hydrogens (tertiary/aromatic N) is 1. The number of halogens is 7. The van der Waals surface area contributed by atoms with Crippen molar-refractivity contribution in [3.05, 3.63) is 0 Å². The van der Waals surface area contributed by atoms with Gasteiger partial charge in [0.15, 0.2) is 0 Å². The SMILES string of the molecule is C[N](/[Cf]=[C](\F)C(F)(F)F)C(F)(F)F. The van der Waals surface area contributed by atoms with E-state index in [1.165, 1.54) is 0 Å². The Morgan fingerprint density at radius 1 is 1.08 bits per heavy atom. The topological polar surface area (TPSA) is 3.24 Å². The molecule has 83 valence electrons. The van der Waals surface area contributed by atoms with E-state index in [1.807, 2.05) is 0 Å². The normalized spacial score (nSPS) is 14.7. The summed E-state index contributed by atoms with van der Waals surface area (Å²) >= 11 is 0. The molecule has 0 aliphatic heterocycles. The van der Waals surface area contributed by atoms with Gasteiger partial charge in [0.05, 0.1) is 0 Å². The van der Waals surface area contributed by atoms with Crippen molar-refractivity contribution in [2.75, 3.05) is 7.05 Å². The molecule has 0 spiro atoms. The van der Waals surface area contributed by atoms with Crippen LogP contribution in [0.5, 0.6) is 0 Å². The van der Waals surface area contributed by atoms with Crippen LogP contribution in [0.15, 0.2) is 0 Å². The molecular formula is C4H3CfF7N. The van der Waals surface area contributed by atoms with E-state index >= 15 is 0 Å². The van der Waals surface area contributed by atoms with Crippen LogP contribution in [0.3, 0.4) is 0 Å². The summed E-state index contributed by atoms with van der Waals surface area (Å²) in [4.78, 5) is 0. The van der Waals surface area contributed by atoms with Crippen LogP contribution < -0.4 is 0 Å². The Morgan fingerprint density at radius 2 is 1.46 bits per heavy atom. The first-order chi connectivity index (χ1) is 5.55. The molecule has 0 aromatic rings. The fourth-order valence-electron chi connectivity index (χ4n) is 0.173. The zero-order valence-corrected chi connectivity index (χ0v) is 8.54. The predicted molar refractivity (Wildman–Crippen MR) is 26.0 cm³/mol. The van der Waals surface area contributed by atoms with Gasteiger partial charge in [-0.25, -0.2) is 0 Å². The first-order valence-electron chi connectivity index (χ1n) is 2.54. The Morgan fingerprint density at radius 3 is 1.69 bits per heavy atom. The van der Waals surface area contributed by atoms with Crippen LogP contribution in [0, 0.1) is 0 Å². The van der Waals surface area contributed by atoms with Crippen LogP contribution in [-0.4, -0.2) is 31.5 Å². The molecule has 0 atom stereocenters. The average Bonchev–Trinajstić information content (AvgIpc) is 1.82. The van der Waals surface area contributed by atoms with Crippen LogP contribution in [0.25, 0.3) is 0 Å². The molecule has 0 heterocycles. The van der Waals surface area contributed by atoms with Crippen LogP contribution in [-0.2, 0) is 0 Å². The third-order valence-electron chi connectivity index (χ3n) is 0.699. The molecule has 0 saturated carbocycles. The molecule has 0 unspecified atom stereocenters. The number of alkyl halides is 6. The summed E-state index contributed by atoms with van der Waals surface area (Å²) in [6.07, 6.45) is -10.2. The molecule has 0 fully saturated rings. The quantitative estimate of drug-likeness (QED) is 0.438. The Balaban J connectivity index is 4.59. The summed E-state index contributed by atoms with van der Waals surface area (Å²) in [7, 11) is 0.390. The maximum absolute atomic E-state index is 12.0. The summed E-state index contributed by atoms with van der Waals surface area (Å²) in [5.74, 6) is 0. The molecule has 0 N–H and O–H groups in total. The molecule has 0 amide bonds. The monoisotopic (exact) mass is 447 g/mol. The van der Waals surface area contributed by atoms with Gasteiger partial charge in [-0.05, 0) is 0 Å². The van der Waals surface area contributed by atoms with Gasteiger partial charge in [0.1, 0.15) is 0 Å². The van der Waals surface area contributed by atoms with E-state index in [0.717, 1.165) is 0 Å². The maximum atomic E-state index is 12.0. The molecule has 0 aliphatic carbocycles. The van der Waals surface area contributed by atoms with Crippen LogP contribution in [0.4, 0.5) is 30.7 Å². The van der Waals surface area contributed by atoms with Gasteiger partial charge in [-0.2, -0.15) is 0 Å². The van der Waals surface area contributed by atoms with E-state index in [-0.39, 0.29) is 0 Å². The Bertz CT molecular complexity index is 204. The van der Waals surface area contributed by atoms with Crippen molar-refractivity contribution in [3.63, 3.8) is 0 Å². The van der Waals surface area contributed by atoms with Crippen LogP contribution >= 0.6 is 0 Å². The van der Waals surface area contributed by atoms with Gasteiger partial charge < -0.3 is 0 Å². The third kappa shape index (κ3) is 3.50. The van der Waals surface area contributed by atoms with Gasteiger partial charge in [-0.15, -0.1) is 0 Å². The van der Waals surface area contributed by atoms with Crippen molar-refractivity contribution in [3.8, 4) is 0 Å². The van der Waals surface area contributed by atoms with E-state index in [2.05, 4.69) is 0 Å². The van der Waals surface area contributed by atoms with Gasteiger partial charge in [0, 0.05) is 0 Å². The molecule has 0 radical (unpaired) electrons. The standard InChI is InChI=1S/C2F4.C2H3F3N.Cf/c3-1-2(4,5)6;1-6-2(3,4)5;/h;1H3;/q;-1;+1. The second-order valence-corrected chi connectivity index (χ2v) is 5.22. The first-order valence-corrected chi connectivity index (χ1v) is 5.04. The molecule has 0 saturated heterocycles. The summed E-state index contributed by atoms with van der Waals surface area (Å²) in [5.41, 5.74) is 0. The van der Waals surface area contributed by atoms with Gasteiger partial charge in [0.25, 0.3) is 0 Å². The number of hydrogen-bond donors (Lipinski definition) is 0. The van der Waals surface area contributed by atoms with Crippen molar-refractivity contribution in [1.82, 2.24) is 5.32 Å². The van der Waals surface area contributed by atoms with Gasteiger partial charge in [-0.3, -0.25) is 0 Å². The first kappa shape index (κ1) is 11.3. The number of rotatable bonds is 1. The molecule has 0 rings (SSSR count). The second kappa shape index (κ2) is 3.00. The van der Waals surface area contributed by atoms with Crippen molar-refractivity contribution < 1.29 is 30.7 Å². The fraction of sp³-hybridized carbons (Fsp3) is 0.750. The Hall–Kier alpha value is -1.66. The molecular weight excluding hydrogens is 446 g/mol. The molecule has 0 bridgehead atoms. The van der Waals surface area contributed by atoms with Crippen LogP contribution in [0.2, 0.25) is 0 Å². The molecule has 0 aromatic heterocycles. The summed E-state index contributed by atoms with van der Waals surface area (Å²) in [6.45, 7) is -2.53. The van der Waals surface area contributed by atoms with E-state index < -0.39 is 24.5 Å². The summed E-state index contributed by atoms with van der Waals surface area (Å²) in [6, 6.07) is 0. The molecule has 0 aromatic carbocycles. The summed E-state index contributed by atoms with van der Waals surface area (Å²) < 4.78 is 77.9. The van der Waals surface area contributed by atoms with E-state index in [0.29, 0.717) is 7.05 Å². The Labute approximate surface area is 63.5 Å². The van der Waals surface area contributed by atoms with Gasteiger partial charge >= 0.3 is 62.2 Å². The van der Waals surface area contributed by atoms with Gasteiger partial charge in [-0.1, -0.05) is 0 Å². The Kier molecular flexibility index (Phi) is 2.62. The fourth-order valence-corrected chi connectivity index (χ4v) is 1.62. The average molecular weight is 449 g/mol. The zero-order chi connectivity index (χ0) is 10.9. The summed E-state index contributed by atoms with van der Waals surface area (Å²) in [5, 5.41) is -0.551. The molecule has 1 nitrogen and oxygen atoms in total. The third-order valence-corrected chi connectivity index (χ3v) is 3.51. The van der Waals surface area contributed by atoms with Crippen LogP contribution in [0.1, 0.15) is 0 Å². The molecule has 9 heteroatoms. The van der Waals surface area contributed by atoms with Crippen molar-refractivity contribution in [2.45, 2.75) is 12.5 Å². The minimum atomic E-state index is -5.27. The zero-order valence-electron chi connectivity index (χ0n) is 5.91. The number of hydrogen-bond acceptors (Lipinski definition) is 1. The molecule has 13 heavy (non-hydrogen) atoms. The van der Waals surface area contributed by atoms with Crippen molar-refractivity contribution in [2.24, 2.45) is 0 Å². The van der Waals surface area contributed by atoms with Gasteiger partial charge in [0.2, 0.25) is 0 Å². The van der Waals surface area contributed by atoms with E-state index in [4.69, 9.17) is 0 Å². The predicted octanol–water partition coefficient (Wildman–Crippen LogP) is 2.10. The van der Waals surface area contributed by atoms with Crippen molar-refractivity contribution in [1.29, 1.82) is 0 Å². The van der Waals surface area contributed by atoms with E-state index in [9.17, 15) is 30.7 Å².